The van der Waals surface area contributed by atoms with Gasteiger partial charge < -0.3 is 19.6 Å². The lowest BCUT2D eigenvalue weighted by molar-refractivity contribution is -0.384. The number of amides is 1. The summed E-state index contributed by atoms with van der Waals surface area (Å²) >= 11 is 0. The zero-order valence-electron chi connectivity index (χ0n) is 16.6. The Hall–Kier alpha value is -4.91. The van der Waals surface area contributed by atoms with Crippen molar-refractivity contribution in [2.45, 2.75) is 0 Å². The van der Waals surface area contributed by atoms with Crippen molar-refractivity contribution in [2.75, 3.05) is 12.4 Å². The van der Waals surface area contributed by atoms with Crippen LogP contribution in [0, 0.1) is 21.4 Å². The van der Waals surface area contributed by atoms with Gasteiger partial charge in [-0.2, -0.15) is 5.26 Å². The Morgan fingerprint density at radius 3 is 2.50 bits per heavy atom. The minimum absolute atomic E-state index is 0.0544. The molecule has 10 nitrogen and oxygen atoms in total. The number of furan rings is 1. The second-order valence-corrected chi connectivity index (χ2v) is 6.35. The second kappa shape index (κ2) is 9.27. The van der Waals surface area contributed by atoms with Crippen LogP contribution in [0.4, 0.5) is 11.4 Å². The molecule has 2 N–H and O–H groups in total. The summed E-state index contributed by atoms with van der Waals surface area (Å²) in [5.74, 6) is -1.06. The Bertz CT molecular complexity index is 1270. The maximum absolute atomic E-state index is 12.4. The molecule has 0 fully saturated rings. The normalized spacial score (nSPS) is 10.8. The first-order valence-electron chi connectivity index (χ1n) is 9.01. The Morgan fingerprint density at radius 1 is 1.19 bits per heavy atom. The molecule has 0 aliphatic heterocycles. The highest BCUT2D eigenvalue weighted by molar-refractivity contribution is 6.09. The van der Waals surface area contributed by atoms with Crippen molar-refractivity contribution in [3.8, 4) is 23.1 Å². The van der Waals surface area contributed by atoms with Gasteiger partial charge in [-0.1, -0.05) is 0 Å². The number of nitrogens with one attached hydrogen (secondary N) is 1. The van der Waals surface area contributed by atoms with Crippen molar-refractivity contribution >= 4 is 29.3 Å². The molecule has 3 rings (SSSR count). The van der Waals surface area contributed by atoms with Crippen LogP contribution in [-0.4, -0.2) is 29.0 Å². The van der Waals surface area contributed by atoms with E-state index in [-0.39, 0.29) is 28.3 Å². The van der Waals surface area contributed by atoms with Gasteiger partial charge in [0.1, 0.15) is 28.9 Å². The van der Waals surface area contributed by atoms with E-state index < -0.39 is 16.8 Å². The minimum atomic E-state index is -1.10. The first kappa shape index (κ1) is 21.8. The molecule has 0 bridgehead atoms. The molecule has 1 amide bonds. The van der Waals surface area contributed by atoms with Crippen LogP contribution in [0.2, 0.25) is 0 Å². The van der Waals surface area contributed by atoms with E-state index >= 15 is 0 Å². The molecule has 0 radical (unpaired) electrons. The number of benzene rings is 2. The predicted molar refractivity (Wildman–Crippen MR) is 113 cm³/mol. The van der Waals surface area contributed by atoms with Crippen molar-refractivity contribution < 1.29 is 28.8 Å². The number of anilines is 1. The average Bonchev–Trinajstić information content (AvgIpc) is 3.25. The van der Waals surface area contributed by atoms with Crippen molar-refractivity contribution in [1.82, 2.24) is 0 Å². The summed E-state index contributed by atoms with van der Waals surface area (Å²) in [6, 6.07) is 14.3. The molecule has 160 valence electrons. The smallest absolute Gasteiger partial charge is 0.335 e. The highest BCUT2D eigenvalue weighted by atomic mass is 16.6. The highest BCUT2D eigenvalue weighted by Gasteiger charge is 2.17. The van der Waals surface area contributed by atoms with Crippen LogP contribution in [-0.2, 0) is 4.79 Å². The minimum Gasteiger partial charge on any atom is -0.496 e. The first-order valence-corrected chi connectivity index (χ1v) is 9.01. The average molecular weight is 433 g/mol. The number of carboxylic acids is 1. The number of carbonyl (C=O) groups is 2. The van der Waals surface area contributed by atoms with Crippen LogP contribution in [0.5, 0.6) is 5.75 Å². The van der Waals surface area contributed by atoms with E-state index in [1.165, 1.54) is 67.8 Å². The molecule has 0 atom stereocenters. The number of rotatable bonds is 7. The van der Waals surface area contributed by atoms with Gasteiger partial charge in [-0.15, -0.1) is 0 Å². The maximum atomic E-state index is 12.4. The number of carbonyl (C=O) groups excluding carboxylic acids is 1. The monoisotopic (exact) mass is 433 g/mol. The number of carboxylic acid groups (broad SMARTS) is 1. The number of hydrogen-bond donors (Lipinski definition) is 2. The fraction of sp³-hybridized carbons (Fsp3) is 0.0455. The summed E-state index contributed by atoms with van der Waals surface area (Å²) in [4.78, 5) is 33.8. The van der Waals surface area contributed by atoms with E-state index in [9.17, 15) is 25.0 Å². The Kier molecular flexibility index (Phi) is 6.31. The number of nitrogens with zero attached hydrogens (tertiary/aromatic N) is 2. The van der Waals surface area contributed by atoms with E-state index in [0.29, 0.717) is 17.0 Å². The number of methoxy groups -OCH3 is 1. The molecule has 1 heterocycles. The van der Waals surface area contributed by atoms with Crippen LogP contribution in [0.1, 0.15) is 16.1 Å². The summed E-state index contributed by atoms with van der Waals surface area (Å²) in [5.41, 5.74) is 0.281. The molecule has 0 saturated carbocycles. The van der Waals surface area contributed by atoms with Crippen molar-refractivity contribution in [3.63, 3.8) is 0 Å². The van der Waals surface area contributed by atoms with Crippen LogP contribution in [0.25, 0.3) is 17.4 Å². The SMILES string of the molecule is COc1ccc([N+](=O)[O-])cc1-c1ccc(/C=C(\C#N)C(=O)Nc2ccc(C(=O)O)cc2)o1. The van der Waals surface area contributed by atoms with Crippen LogP contribution >= 0.6 is 0 Å². The van der Waals surface area contributed by atoms with E-state index in [4.69, 9.17) is 14.3 Å². The van der Waals surface area contributed by atoms with Gasteiger partial charge in [0.2, 0.25) is 0 Å². The first-order chi connectivity index (χ1) is 15.3. The van der Waals surface area contributed by atoms with Gasteiger partial charge >= 0.3 is 5.97 Å². The van der Waals surface area contributed by atoms with Crippen molar-refractivity contribution in [2.24, 2.45) is 0 Å². The fourth-order valence-electron chi connectivity index (χ4n) is 2.76. The van der Waals surface area contributed by atoms with Crippen LogP contribution in [0.3, 0.4) is 0 Å². The molecule has 0 aliphatic rings. The van der Waals surface area contributed by atoms with E-state index in [0.717, 1.165) is 0 Å². The zero-order valence-corrected chi connectivity index (χ0v) is 16.6. The topological polar surface area (TPSA) is 156 Å². The molecular formula is C22H15N3O7. The van der Waals surface area contributed by atoms with Gasteiger partial charge in [0, 0.05) is 23.9 Å². The van der Waals surface area contributed by atoms with Gasteiger partial charge in [0.15, 0.2) is 0 Å². The molecule has 0 unspecified atom stereocenters. The van der Waals surface area contributed by atoms with Crippen molar-refractivity contribution in [1.29, 1.82) is 5.26 Å². The summed E-state index contributed by atoms with van der Waals surface area (Å²) in [7, 11) is 1.41. The molecule has 0 saturated heterocycles. The lowest BCUT2D eigenvalue weighted by atomic mass is 10.1. The number of ether oxygens (including phenoxy) is 1. The van der Waals surface area contributed by atoms with E-state index in [1.807, 2.05) is 0 Å². The second-order valence-electron chi connectivity index (χ2n) is 6.35. The number of aromatic carboxylic acids is 1. The summed E-state index contributed by atoms with van der Waals surface area (Å²) in [6.07, 6.45) is 1.22. The molecule has 2 aromatic carbocycles. The lowest BCUT2D eigenvalue weighted by Crippen LogP contribution is -2.13. The number of nitro benzene ring substituents is 1. The van der Waals surface area contributed by atoms with Crippen LogP contribution in [0.15, 0.2) is 64.6 Å². The molecule has 32 heavy (non-hydrogen) atoms. The van der Waals surface area contributed by atoms with Gasteiger partial charge in [0.25, 0.3) is 11.6 Å². The number of hydrogen-bond acceptors (Lipinski definition) is 7. The third-order valence-electron chi connectivity index (χ3n) is 4.33. The molecule has 10 heteroatoms. The molecule has 1 aromatic heterocycles. The standard InChI is InChI=1S/C22H15N3O7/c1-31-19-8-6-16(25(29)30)11-18(19)20-9-7-17(32-20)10-14(12-23)21(26)24-15-4-2-13(3-5-15)22(27)28/h2-11H,1H3,(H,24,26)(H,27,28)/b14-10+. The van der Waals surface area contributed by atoms with Crippen molar-refractivity contribution in [3.05, 3.63) is 81.6 Å². The largest absolute Gasteiger partial charge is 0.496 e. The maximum Gasteiger partial charge on any atom is 0.335 e. The number of nitriles is 1. The summed E-state index contributed by atoms with van der Waals surface area (Å²) < 4.78 is 10.9. The Morgan fingerprint density at radius 2 is 1.91 bits per heavy atom. The Labute approximate surface area is 181 Å². The molecule has 3 aromatic rings. The van der Waals surface area contributed by atoms with Gasteiger partial charge in [-0.3, -0.25) is 14.9 Å². The highest BCUT2D eigenvalue weighted by Crippen LogP contribution is 2.34. The third-order valence-corrected chi connectivity index (χ3v) is 4.33. The lowest BCUT2D eigenvalue weighted by Gasteiger charge is -2.06. The number of non-ortho nitro benzene ring substituents is 1. The van der Waals surface area contributed by atoms with E-state index in [1.54, 1.807) is 6.07 Å². The predicted octanol–water partition coefficient (Wildman–Crippen LogP) is 4.11. The molecule has 0 spiro atoms. The quantitative estimate of drug-likeness (QED) is 0.244. The Balaban J connectivity index is 1.84. The van der Waals surface area contributed by atoms with Gasteiger partial charge in [-0.05, 0) is 42.5 Å². The third kappa shape index (κ3) is 4.80. The number of nitro groups is 1. The van der Waals surface area contributed by atoms with E-state index in [2.05, 4.69) is 5.32 Å². The molecule has 0 aliphatic carbocycles. The summed E-state index contributed by atoms with van der Waals surface area (Å²) in [6.45, 7) is 0. The fourth-order valence-corrected chi connectivity index (χ4v) is 2.76. The van der Waals surface area contributed by atoms with Gasteiger partial charge in [0.05, 0.1) is 23.2 Å². The van der Waals surface area contributed by atoms with Crippen LogP contribution < -0.4 is 10.1 Å². The summed E-state index contributed by atoms with van der Waals surface area (Å²) in [5, 5.41) is 31.8. The zero-order chi connectivity index (χ0) is 23.3. The molecular weight excluding hydrogens is 418 g/mol. The van der Waals surface area contributed by atoms with Gasteiger partial charge in [-0.25, -0.2) is 4.79 Å².